The number of nitrogens with one attached hydrogen (secondary N) is 1. The van der Waals surface area contributed by atoms with Gasteiger partial charge in [0.1, 0.15) is 4.88 Å². The van der Waals surface area contributed by atoms with Crippen LogP contribution in [0.4, 0.5) is 11.4 Å². The van der Waals surface area contributed by atoms with E-state index in [4.69, 9.17) is 11.6 Å². The second-order valence-corrected chi connectivity index (χ2v) is 7.91. The molecule has 0 fully saturated rings. The van der Waals surface area contributed by atoms with E-state index < -0.39 is 0 Å². The Kier molecular flexibility index (Phi) is 5.34. The van der Waals surface area contributed by atoms with Gasteiger partial charge in [-0.2, -0.15) is 0 Å². The summed E-state index contributed by atoms with van der Waals surface area (Å²) in [5.41, 5.74) is 1.82. The Morgan fingerprint density at radius 1 is 0.931 bits per heavy atom. The Hall–Kier alpha value is -3.15. The molecule has 0 unspecified atom stereocenters. The summed E-state index contributed by atoms with van der Waals surface area (Å²) in [7, 11) is 1.72. The molecule has 1 heterocycles. The Labute approximate surface area is 177 Å². The molecular weight excluding hydrogens is 404 g/mol. The van der Waals surface area contributed by atoms with Gasteiger partial charge in [0.25, 0.3) is 11.8 Å². The maximum atomic E-state index is 12.8. The second kappa shape index (κ2) is 8.07. The fourth-order valence-corrected chi connectivity index (χ4v) is 4.45. The molecule has 144 valence electrons. The first-order chi connectivity index (χ1) is 14.0. The van der Waals surface area contributed by atoms with Crippen molar-refractivity contribution in [3.05, 3.63) is 94.3 Å². The summed E-state index contributed by atoms with van der Waals surface area (Å²) in [4.78, 5) is 27.6. The minimum absolute atomic E-state index is 0.160. The smallest absolute Gasteiger partial charge is 0.267 e. The molecule has 1 N–H and O–H groups in total. The van der Waals surface area contributed by atoms with Gasteiger partial charge in [0, 0.05) is 34.1 Å². The molecule has 2 amide bonds. The molecule has 4 aromatic rings. The molecule has 0 aliphatic rings. The molecule has 0 aliphatic carbocycles. The van der Waals surface area contributed by atoms with Crippen molar-refractivity contribution in [3.8, 4) is 0 Å². The van der Waals surface area contributed by atoms with E-state index in [1.165, 1.54) is 11.3 Å². The van der Waals surface area contributed by atoms with Crippen molar-refractivity contribution in [3.63, 3.8) is 0 Å². The Bertz CT molecular complexity index is 1200. The van der Waals surface area contributed by atoms with Gasteiger partial charge < -0.3 is 10.2 Å². The quantitative estimate of drug-likeness (QED) is 0.434. The van der Waals surface area contributed by atoms with Crippen molar-refractivity contribution in [2.75, 3.05) is 17.3 Å². The largest absolute Gasteiger partial charge is 0.321 e. The van der Waals surface area contributed by atoms with Gasteiger partial charge >= 0.3 is 0 Å². The third kappa shape index (κ3) is 3.88. The number of hydrogen-bond acceptors (Lipinski definition) is 3. The lowest BCUT2D eigenvalue weighted by Crippen LogP contribution is -2.26. The topological polar surface area (TPSA) is 49.4 Å². The summed E-state index contributed by atoms with van der Waals surface area (Å²) in [6.45, 7) is 0. The average molecular weight is 421 g/mol. The monoisotopic (exact) mass is 420 g/mol. The lowest BCUT2D eigenvalue weighted by atomic mass is 10.1. The Morgan fingerprint density at radius 2 is 1.66 bits per heavy atom. The van der Waals surface area contributed by atoms with Crippen LogP contribution in [0.1, 0.15) is 20.0 Å². The predicted octanol–water partition coefficient (Wildman–Crippen LogP) is 6.08. The normalized spacial score (nSPS) is 10.7. The second-order valence-electron chi connectivity index (χ2n) is 6.48. The number of amides is 2. The van der Waals surface area contributed by atoms with E-state index in [0.29, 0.717) is 21.2 Å². The van der Waals surface area contributed by atoms with Crippen LogP contribution >= 0.6 is 22.9 Å². The maximum Gasteiger partial charge on any atom is 0.267 e. The summed E-state index contributed by atoms with van der Waals surface area (Å²) in [5, 5.41) is 4.15. The predicted molar refractivity (Wildman–Crippen MR) is 120 cm³/mol. The van der Waals surface area contributed by atoms with Crippen molar-refractivity contribution < 1.29 is 9.59 Å². The van der Waals surface area contributed by atoms with E-state index in [0.717, 1.165) is 15.8 Å². The first-order valence-corrected chi connectivity index (χ1v) is 10.2. The highest BCUT2D eigenvalue weighted by Crippen LogP contribution is 2.35. The SMILES string of the molecule is CN(C(=O)c1cccc(NC(=O)c2sc3ccccc3c2Cl)c1)c1ccccc1. The van der Waals surface area contributed by atoms with E-state index >= 15 is 0 Å². The van der Waals surface area contributed by atoms with Crippen LogP contribution in [0.2, 0.25) is 5.02 Å². The number of para-hydroxylation sites is 1. The molecule has 29 heavy (non-hydrogen) atoms. The zero-order valence-electron chi connectivity index (χ0n) is 15.6. The summed E-state index contributed by atoms with van der Waals surface area (Å²) >= 11 is 7.74. The van der Waals surface area contributed by atoms with Gasteiger partial charge in [0.05, 0.1) is 5.02 Å². The lowest BCUT2D eigenvalue weighted by Gasteiger charge is -2.17. The number of rotatable bonds is 4. The number of nitrogens with zero attached hydrogens (tertiary/aromatic N) is 1. The number of anilines is 2. The van der Waals surface area contributed by atoms with Crippen molar-refractivity contribution in [1.29, 1.82) is 0 Å². The van der Waals surface area contributed by atoms with E-state index in [1.54, 1.807) is 36.2 Å². The third-order valence-corrected chi connectivity index (χ3v) is 6.23. The number of carbonyl (C=O) groups is 2. The standard InChI is InChI=1S/C23H17ClN2O2S/c1-26(17-10-3-2-4-11-17)23(28)15-8-7-9-16(14-15)25-22(27)21-20(24)18-12-5-6-13-19(18)29-21/h2-14H,1H3,(H,25,27). The summed E-state index contributed by atoms with van der Waals surface area (Å²) in [6, 6.07) is 23.9. The first-order valence-electron chi connectivity index (χ1n) is 8.96. The number of hydrogen-bond donors (Lipinski definition) is 1. The van der Waals surface area contributed by atoms with Gasteiger partial charge in [-0.05, 0) is 36.4 Å². The molecule has 1 aromatic heterocycles. The van der Waals surface area contributed by atoms with Crippen LogP contribution in [0.25, 0.3) is 10.1 Å². The van der Waals surface area contributed by atoms with Gasteiger partial charge in [-0.3, -0.25) is 9.59 Å². The highest BCUT2D eigenvalue weighted by atomic mass is 35.5. The van der Waals surface area contributed by atoms with Crippen molar-refractivity contribution in [2.24, 2.45) is 0 Å². The van der Waals surface area contributed by atoms with Crippen LogP contribution in [0.15, 0.2) is 78.9 Å². The van der Waals surface area contributed by atoms with E-state index in [-0.39, 0.29) is 11.8 Å². The molecule has 0 bridgehead atoms. The highest BCUT2D eigenvalue weighted by molar-refractivity contribution is 7.21. The molecule has 6 heteroatoms. The number of halogens is 1. The molecule has 0 radical (unpaired) electrons. The highest BCUT2D eigenvalue weighted by Gasteiger charge is 2.18. The fraction of sp³-hybridized carbons (Fsp3) is 0.0435. The van der Waals surface area contributed by atoms with Gasteiger partial charge in [0.15, 0.2) is 0 Å². The number of carbonyl (C=O) groups excluding carboxylic acids is 2. The van der Waals surface area contributed by atoms with Gasteiger partial charge in [-0.1, -0.05) is 54.1 Å². The molecule has 3 aromatic carbocycles. The number of thiophene rings is 1. The third-order valence-electron chi connectivity index (χ3n) is 4.56. The number of fused-ring (bicyclic) bond motifs is 1. The van der Waals surface area contributed by atoms with Crippen molar-refractivity contribution in [1.82, 2.24) is 0 Å². The van der Waals surface area contributed by atoms with Crippen LogP contribution in [-0.2, 0) is 0 Å². The first kappa shape index (κ1) is 19.2. The lowest BCUT2D eigenvalue weighted by molar-refractivity contribution is 0.0990. The minimum atomic E-state index is -0.294. The average Bonchev–Trinajstić information content (AvgIpc) is 3.10. The van der Waals surface area contributed by atoms with Crippen LogP contribution < -0.4 is 10.2 Å². The zero-order chi connectivity index (χ0) is 20.4. The van der Waals surface area contributed by atoms with Crippen molar-refractivity contribution in [2.45, 2.75) is 0 Å². The van der Waals surface area contributed by atoms with E-state index in [9.17, 15) is 9.59 Å². The number of benzene rings is 3. The van der Waals surface area contributed by atoms with Crippen LogP contribution in [0.5, 0.6) is 0 Å². The van der Waals surface area contributed by atoms with Crippen LogP contribution in [0, 0.1) is 0 Å². The molecule has 0 spiro atoms. The summed E-state index contributed by atoms with van der Waals surface area (Å²) < 4.78 is 0.955. The Balaban J connectivity index is 1.56. The molecule has 0 aliphatic heterocycles. The maximum absolute atomic E-state index is 12.8. The molecule has 4 rings (SSSR count). The molecule has 0 saturated heterocycles. The Morgan fingerprint density at radius 3 is 2.41 bits per heavy atom. The van der Waals surface area contributed by atoms with Crippen LogP contribution in [0.3, 0.4) is 0 Å². The van der Waals surface area contributed by atoms with E-state index in [2.05, 4.69) is 5.32 Å². The minimum Gasteiger partial charge on any atom is -0.321 e. The van der Waals surface area contributed by atoms with E-state index in [1.807, 2.05) is 54.6 Å². The molecular formula is C23H17ClN2O2S. The molecule has 0 saturated carbocycles. The zero-order valence-corrected chi connectivity index (χ0v) is 17.1. The van der Waals surface area contributed by atoms with Gasteiger partial charge in [-0.15, -0.1) is 11.3 Å². The molecule has 4 nitrogen and oxygen atoms in total. The van der Waals surface area contributed by atoms with Gasteiger partial charge in [-0.25, -0.2) is 0 Å². The van der Waals surface area contributed by atoms with Crippen LogP contribution in [-0.4, -0.2) is 18.9 Å². The fourth-order valence-electron chi connectivity index (χ4n) is 3.04. The molecule has 0 atom stereocenters. The van der Waals surface area contributed by atoms with Gasteiger partial charge in [0.2, 0.25) is 0 Å². The van der Waals surface area contributed by atoms with Crippen molar-refractivity contribution >= 4 is 56.2 Å². The summed E-state index contributed by atoms with van der Waals surface area (Å²) in [5.74, 6) is -0.454. The summed E-state index contributed by atoms with van der Waals surface area (Å²) in [6.07, 6.45) is 0.